The van der Waals surface area contributed by atoms with Gasteiger partial charge in [-0.05, 0) is 30.0 Å². The lowest BCUT2D eigenvalue weighted by molar-refractivity contribution is 0.491. The summed E-state index contributed by atoms with van der Waals surface area (Å²) < 4.78 is 13.6. The number of rotatable bonds is 0. The first kappa shape index (κ1) is 9.94. The van der Waals surface area contributed by atoms with Gasteiger partial charge in [-0.3, -0.25) is 0 Å². The quantitative estimate of drug-likeness (QED) is 0.698. The normalized spacial score (nSPS) is 21.2. The lowest BCUT2D eigenvalue weighted by Crippen LogP contribution is -2.34. The maximum absolute atomic E-state index is 13.6. The third kappa shape index (κ3) is 1.25. The van der Waals surface area contributed by atoms with Crippen LogP contribution in [0, 0.1) is 5.82 Å². The molecule has 0 bridgehead atoms. The monoisotopic (exact) mass is 213 g/mol. The van der Waals surface area contributed by atoms with Crippen LogP contribution in [-0.2, 0) is 12.0 Å². The highest BCUT2D eigenvalue weighted by atomic mass is 35.5. The van der Waals surface area contributed by atoms with Crippen molar-refractivity contribution in [1.82, 2.24) is 5.32 Å². The van der Waals surface area contributed by atoms with E-state index in [0.29, 0.717) is 0 Å². The first-order valence-electron chi connectivity index (χ1n) is 4.80. The molecule has 1 aromatic rings. The molecule has 0 radical (unpaired) electrons. The minimum atomic E-state index is -0.00324. The molecule has 1 spiro atoms. The highest BCUT2D eigenvalue weighted by Crippen LogP contribution is 2.51. The van der Waals surface area contributed by atoms with Gasteiger partial charge in [-0.25, -0.2) is 4.39 Å². The fourth-order valence-electron chi connectivity index (χ4n) is 2.41. The minimum Gasteiger partial charge on any atom is -0.312 e. The molecule has 76 valence electrons. The largest absolute Gasteiger partial charge is 0.312 e. The predicted octanol–water partition coefficient (Wildman–Crippen LogP) is 2.38. The Labute approximate surface area is 89.1 Å². The summed E-state index contributed by atoms with van der Waals surface area (Å²) in [5.74, 6) is -0.00324. The van der Waals surface area contributed by atoms with Crippen molar-refractivity contribution >= 4 is 12.4 Å². The lowest BCUT2D eigenvalue weighted by atomic mass is 9.88. The molecule has 1 aliphatic heterocycles. The maximum Gasteiger partial charge on any atom is 0.127 e. The Morgan fingerprint density at radius 1 is 1.29 bits per heavy atom. The molecule has 1 N–H and O–H groups in total. The summed E-state index contributed by atoms with van der Waals surface area (Å²) >= 11 is 0. The summed E-state index contributed by atoms with van der Waals surface area (Å²) in [5.41, 5.74) is 2.32. The van der Waals surface area contributed by atoms with Gasteiger partial charge < -0.3 is 5.32 Å². The smallest absolute Gasteiger partial charge is 0.127 e. The van der Waals surface area contributed by atoms with Crippen molar-refractivity contribution in [2.45, 2.75) is 24.8 Å². The summed E-state index contributed by atoms with van der Waals surface area (Å²) in [6.45, 7) is 1.79. The zero-order chi connectivity index (χ0) is 8.89. The van der Waals surface area contributed by atoms with E-state index in [2.05, 4.69) is 5.32 Å². The van der Waals surface area contributed by atoms with Gasteiger partial charge in [0.1, 0.15) is 5.82 Å². The molecule has 0 aromatic heterocycles. The number of nitrogens with one attached hydrogen (secondary N) is 1. The van der Waals surface area contributed by atoms with Crippen LogP contribution in [-0.4, -0.2) is 6.54 Å². The summed E-state index contributed by atoms with van der Waals surface area (Å²) in [6.07, 6.45) is 2.29. The van der Waals surface area contributed by atoms with Crippen molar-refractivity contribution in [3.8, 4) is 0 Å². The van der Waals surface area contributed by atoms with Crippen molar-refractivity contribution < 1.29 is 4.39 Å². The molecule has 14 heavy (non-hydrogen) atoms. The van der Waals surface area contributed by atoms with Gasteiger partial charge in [0.05, 0.1) is 0 Å². The molecule has 1 fully saturated rings. The number of halogens is 2. The van der Waals surface area contributed by atoms with Crippen LogP contribution < -0.4 is 5.32 Å². The van der Waals surface area contributed by atoms with Gasteiger partial charge in [0.15, 0.2) is 0 Å². The van der Waals surface area contributed by atoms with Crippen LogP contribution >= 0.6 is 12.4 Å². The van der Waals surface area contributed by atoms with Crippen molar-refractivity contribution in [2.24, 2.45) is 0 Å². The number of benzene rings is 1. The standard InChI is InChI=1S/C11H12FN.ClH/c12-9-3-1-2-8-6-13-7-11(4-5-11)10(8)9;/h1-3,13H,4-7H2;1H. The Bertz CT molecular complexity index is 360. The van der Waals surface area contributed by atoms with E-state index in [-0.39, 0.29) is 23.6 Å². The second-order valence-electron chi connectivity index (χ2n) is 4.16. The number of hydrogen-bond acceptors (Lipinski definition) is 1. The molecule has 2 aliphatic rings. The van der Waals surface area contributed by atoms with Crippen molar-refractivity contribution in [2.75, 3.05) is 6.54 Å². The van der Waals surface area contributed by atoms with Crippen LogP contribution in [0.5, 0.6) is 0 Å². The van der Waals surface area contributed by atoms with Crippen molar-refractivity contribution in [3.63, 3.8) is 0 Å². The summed E-state index contributed by atoms with van der Waals surface area (Å²) in [7, 11) is 0. The first-order valence-corrected chi connectivity index (χ1v) is 4.80. The molecule has 0 amide bonds. The maximum atomic E-state index is 13.6. The van der Waals surface area contributed by atoms with Crippen LogP contribution in [0.25, 0.3) is 0 Å². The second kappa shape index (κ2) is 3.21. The van der Waals surface area contributed by atoms with Crippen molar-refractivity contribution in [1.29, 1.82) is 0 Å². The third-order valence-electron chi connectivity index (χ3n) is 3.26. The highest BCUT2D eigenvalue weighted by molar-refractivity contribution is 5.85. The van der Waals surface area contributed by atoms with E-state index in [9.17, 15) is 4.39 Å². The molecular formula is C11H13ClFN. The summed E-state index contributed by atoms with van der Waals surface area (Å²) in [5, 5.41) is 3.35. The van der Waals surface area contributed by atoms with Crippen LogP contribution in [0.2, 0.25) is 0 Å². The van der Waals surface area contributed by atoms with Gasteiger partial charge >= 0.3 is 0 Å². The minimum absolute atomic E-state index is 0. The Morgan fingerprint density at radius 3 is 2.79 bits per heavy atom. The molecule has 3 rings (SSSR count). The summed E-state index contributed by atoms with van der Waals surface area (Å²) in [4.78, 5) is 0. The highest BCUT2D eigenvalue weighted by Gasteiger charge is 2.48. The fourth-order valence-corrected chi connectivity index (χ4v) is 2.41. The van der Waals surface area contributed by atoms with E-state index in [1.54, 1.807) is 12.1 Å². The van der Waals surface area contributed by atoms with E-state index in [1.165, 1.54) is 0 Å². The predicted molar refractivity (Wildman–Crippen MR) is 56.3 cm³/mol. The second-order valence-corrected chi connectivity index (χ2v) is 4.16. The Balaban J connectivity index is 0.000000750. The SMILES string of the molecule is Cl.Fc1cccc2c1C1(CC1)CNC2. The van der Waals surface area contributed by atoms with E-state index < -0.39 is 0 Å². The molecular weight excluding hydrogens is 201 g/mol. The third-order valence-corrected chi connectivity index (χ3v) is 3.26. The van der Waals surface area contributed by atoms with Gasteiger partial charge in [0.2, 0.25) is 0 Å². The average molecular weight is 214 g/mol. The Hall–Kier alpha value is -0.600. The van der Waals surface area contributed by atoms with E-state index in [1.807, 2.05) is 6.07 Å². The van der Waals surface area contributed by atoms with Gasteiger partial charge in [0.25, 0.3) is 0 Å². The lowest BCUT2D eigenvalue weighted by Gasteiger charge is -2.26. The van der Waals surface area contributed by atoms with Gasteiger partial charge in [-0.15, -0.1) is 12.4 Å². The molecule has 3 heteroatoms. The van der Waals surface area contributed by atoms with E-state index in [4.69, 9.17) is 0 Å². The molecule has 1 aliphatic carbocycles. The van der Waals surface area contributed by atoms with Crippen LogP contribution in [0.1, 0.15) is 24.0 Å². The number of fused-ring (bicyclic) bond motifs is 2. The Morgan fingerprint density at radius 2 is 2.07 bits per heavy atom. The molecule has 1 heterocycles. The summed E-state index contributed by atoms with van der Waals surface area (Å²) in [6, 6.07) is 5.42. The molecule has 0 atom stereocenters. The zero-order valence-corrected chi connectivity index (χ0v) is 8.66. The van der Waals surface area contributed by atoms with Crippen molar-refractivity contribution in [3.05, 3.63) is 35.1 Å². The van der Waals surface area contributed by atoms with Crippen LogP contribution in [0.15, 0.2) is 18.2 Å². The molecule has 0 saturated heterocycles. The molecule has 0 unspecified atom stereocenters. The Kier molecular flexibility index (Phi) is 2.28. The molecule has 1 nitrogen and oxygen atoms in total. The molecule has 1 aromatic carbocycles. The van der Waals surface area contributed by atoms with Gasteiger partial charge in [-0.1, -0.05) is 12.1 Å². The number of hydrogen-bond donors (Lipinski definition) is 1. The topological polar surface area (TPSA) is 12.0 Å². The zero-order valence-electron chi connectivity index (χ0n) is 7.85. The average Bonchev–Trinajstić information content (AvgIpc) is 2.86. The van der Waals surface area contributed by atoms with Gasteiger partial charge in [-0.2, -0.15) is 0 Å². The first-order chi connectivity index (χ1) is 6.32. The van der Waals surface area contributed by atoms with E-state index in [0.717, 1.165) is 37.1 Å². The van der Waals surface area contributed by atoms with Crippen LogP contribution in [0.4, 0.5) is 4.39 Å². The van der Waals surface area contributed by atoms with Crippen LogP contribution in [0.3, 0.4) is 0 Å². The molecule has 1 saturated carbocycles. The fraction of sp³-hybridized carbons (Fsp3) is 0.455. The van der Waals surface area contributed by atoms with E-state index >= 15 is 0 Å². The van der Waals surface area contributed by atoms with Gasteiger partial charge in [0, 0.05) is 18.5 Å².